The molecule has 14 heteroatoms. The van der Waals surface area contributed by atoms with Gasteiger partial charge in [0.15, 0.2) is 9.96 Å². The first kappa shape index (κ1) is 28.8. The first-order chi connectivity index (χ1) is 20.0. The van der Waals surface area contributed by atoms with Crippen molar-refractivity contribution in [3.63, 3.8) is 0 Å². The van der Waals surface area contributed by atoms with Gasteiger partial charge in [0.25, 0.3) is 16.8 Å². The summed E-state index contributed by atoms with van der Waals surface area (Å²) in [5.74, 6) is -1.14. The number of carbonyl (C=O) groups excluding carboxylic acids is 1. The van der Waals surface area contributed by atoms with Crippen LogP contribution in [0.2, 0.25) is 0 Å². The predicted octanol–water partition coefficient (Wildman–Crippen LogP) is 3.39. The van der Waals surface area contributed by atoms with Gasteiger partial charge < -0.3 is 9.72 Å². The molecule has 0 amide bonds. The summed E-state index contributed by atoms with van der Waals surface area (Å²) in [5.41, 5.74) is 0.730. The number of ether oxygens (including phenoxy) is 1. The Morgan fingerprint density at radius 2 is 1.95 bits per heavy atom. The number of nitrogens with zero attached hydrogens (tertiary/aromatic N) is 4. The number of H-pyrrole nitrogens is 1. The molecule has 5 rings (SSSR count). The number of nitro benzene ring substituents is 1. The van der Waals surface area contributed by atoms with Crippen molar-refractivity contribution in [3.8, 4) is 0 Å². The van der Waals surface area contributed by atoms with E-state index in [1.807, 2.05) is 0 Å². The molecule has 42 heavy (non-hydrogen) atoms. The van der Waals surface area contributed by atoms with Crippen molar-refractivity contribution < 1.29 is 18.8 Å². The van der Waals surface area contributed by atoms with Crippen LogP contribution in [0.25, 0.3) is 6.08 Å². The van der Waals surface area contributed by atoms with Crippen LogP contribution < -0.4 is 20.5 Å². The number of rotatable bonds is 7. The number of esters is 1. The minimum absolute atomic E-state index is 0.102. The van der Waals surface area contributed by atoms with E-state index < -0.39 is 28.3 Å². The number of halogens is 1. The summed E-state index contributed by atoms with van der Waals surface area (Å²) in [4.78, 5) is 62.1. The highest BCUT2D eigenvalue weighted by molar-refractivity contribution is 7.99. The van der Waals surface area contributed by atoms with Crippen molar-refractivity contribution in [3.05, 3.63) is 123 Å². The number of hydrogen-bond acceptors (Lipinski definition) is 10. The Morgan fingerprint density at radius 1 is 1.21 bits per heavy atom. The molecule has 0 saturated carbocycles. The van der Waals surface area contributed by atoms with Gasteiger partial charge in [0.1, 0.15) is 5.82 Å². The van der Waals surface area contributed by atoms with Gasteiger partial charge in [-0.05, 0) is 56.2 Å². The number of fused-ring (bicyclic) bond motifs is 1. The maximum atomic E-state index is 13.9. The van der Waals surface area contributed by atoms with Crippen LogP contribution in [-0.2, 0) is 9.53 Å². The molecule has 0 aliphatic carbocycles. The Hall–Kier alpha value is -4.69. The molecule has 0 unspecified atom stereocenters. The molecule has 0 radical (unpaired) electrons. The molecule has 1 atom stereocenters. The highest BCUT2D eigenvalue weighted by Gasteiger charge is 2.33. The van der Waals surface area contributed by atoms with Gasteiger partial charge in [-0.15, -0.1) is 0 Å². The maximum absolute atomic E-state index is 13.9. The molecular formula is C28H22FN5O6S2. The standard InChI is InChI=1S/C28H22FN5O6S2/c1-4-40-26(37)23-15(3)31-28-33(24(23)16-5-7-18(29)8-6-16)25(36)21(42-28)13-17-12-19(34(38)39)9-10-20(17)41-27-30-14(2)11-22(35)32-27/h5-13,24H,4H2,1-3H3,(H,30,32,35)/b21-13+/t24-/m0/s1. The van der Waals surface area contributed by atoms with Crippen molar-refractivity contribution in [1.29, 1.82) is 0 Å². The minimum atomic E-state index is -0.941. The number of carbonyl (C=O) groups is 1. The van der Waals surface area contributed by atoms with Crippen LogP contribution in [0.15, 0.2) is 84.4 Å². The second-order valence-corrected chi connectivity index (χ2v) is 11.2. The summed E-state index contributed by atoms with van der Waals surface area (Å²) in [6, 6.07) is 9.99. The van der Waals surface area contributed by atoms with Gasteiger partial charge in [-0.25, -0.2) is 19.2 Å². The van der Waals surface area contributed by atoms with E-state index in [4.69, 9.17) is 4.74 Å². The van der Waals surface area contributed by atoms with Crippen molar-refractivity contribution in [2.24, 2.45) is 4.99 Å². The quantitative estimate of drug-likeness (QED) is 0.145. The van der Waals surface area contributed by atoms with Gasteiger partial charge in [0.05, 0.1) is 33.4 Å². The summed E-state index contributed by atoms with van der Waals surface area (Å²) >= 11 is 2.12. The molecule has 2 aromatic carbocycles. The van der Waals surface area contributed by atoms with E-state index in [0.29, 0.717) is 27.4 Å². The molecule has 0 saturated heterocycles. The zero-order valence-corrected chi connectivity index (χ0v) is 24.0. The van der Waals surface area contributed by atoms with E-state index in [0.717, 1.165) is 23.1 Å². The van der Waals surface area contributed by atoms with Gasteiger partial charge in [-0.2, -0.15) is 0 Å². The van der Waals surface area contributed by atoms with Gasteiger partial charge in [-0.1, -0.05) is 35.2 Å². The molecule has 0 bridgehead atoms. The molecule has 0 spiro atoms. The van der Waals surface area contributed by atoms with Crippen LogP contribution in [0, 0.1) is 22.9 Å². The second kappa shape index (κ2) is 11.7. The smallest absolute Gasteiger partial charge is 0.338 e. The lowest BCUT2D eigenvalue weighted by Crippen LogP contribution is -2.39. The minimum Gasteiger partial charge on any atom is -0.463 e. The Morgan fingerprint density at radius 3 is 2.62 bits per heavy atom. The summed E-state index contributed by atoms with van der Waals surface area (Å²) in [6.07, 6.45) is 1.50. The molecule has 214 valence electrons. The van der Waals surface area contributed by atoms with Crippen molar-refractivity contribution in [1.82, 2.24) is 14.5 Å². The van der Waals surface area contributed by atoms with Crippen molar-refractivity contribution in [2.45, 2.75) is 36.9 Å². The number of nitrogens with one attached hydrogen (secondary N) is 1. The van der Waals surface area contributed by atoms with Crippen LogP contribution in [0.5, 0.6) is 0 Å². The van der Waals surface area contributed by atoms with Crippen LogP contribution in [-0.4, -0.2) is 32.0 Å². The van der Waals surface area contributed by atoms with Crippen molar-refractivity contribution in [2.75, 3.05) is 6.61 Å². The number of aryl methyl sites for hydroxylation is 1. The van der Waals surface area contributed by atoms with Crippen LogP contribution >= 0.6 is 23.1 Å². The lowest BCUT2D eigenvalue weighted by atomic mass is 9.96. The molecule has 2 aromatic heterocycles. The monoisotopic (exact) mass is 607 g/mol. The molecular weight excluding hydrogens is 585 g/mol. The normalized spacial score (nSPS) is 14.9. The third kappa shape index (κ3) is 5.71. The van der Waals surface area contributed by atoms with E-state index >= 15 is 0 Å². The zero-order chi connectivity index (χ0) is 30.1. The van der Waals surface area contributed by atoms with E-state index in [1.54, 1.807) is 20.8 Å². The maximum Gasteiger partial charge on any atom is 0.338 e. The van der Waals surface area contributed by atoms with Gasteiger partial charge in [-0.3, -0.25) is 24.3 Å². The number of allylic oxidation sites excluding steroid dienone is 1. The molecule has 3 heterocycles. The number of nitro groups is 1. The topological polar surface area (TPSA) is 150 Å². The Balaban J connectivity index is 1.71. The fourth-order valence-corrected chi connectivity index (χ4v) is 6.41. The highest BCUT2D eigenvalue weighted by atomic mass is 32.2. The molecule has 4 aromatic rings. The first-order valence-corrected chi connectivity index (χ1v) is 14.2. The third-order valence-electron chi connectivity index (χ3n) is 6.25. The molecule has 11 nitrogen and oxygen atoms in total. The average Bonchev–Trinajstić information content (AvgIpc) is 3.22. The predicted molar refractivity (Wildman–Crippen MR) is 154 cm³/mol. The SMILES string of the molecule is CCOC(=O)C1=C(C)N=c2s/c(=C/c3cc([N+](=O)[O-])ccc3Sc3nc(C)cc(=O)[nH]3)c(=O)n2[C@H]1c1ccc(F)cc1. The Labute approximate surface area is 244 Å². The molecule has 1 N–H and O–H groups in total. The number of thiazole rings is 1. The highest BCUT2D eigenvalue weighted by Crippen LogP contribution is 2.32. The molecule has 1 aliphatic heterocycles. The third-order valence-corrected chi connectivity index (χ3v) is 8.21. The summed E-state index contributed by atoms with van der Waals surface area (Å²) in [7, 11) is 0. The van der Waals surface area contributed by atoms with Crippen LogP contribution in [0.4, 0.5) is 10.1 Å². The molecule has 1 aliphatic rings. The van der Waals surface area contributed by atoms with E-state index in [2.05, 4.69) is 15.0 Å². The second-order valence-electron chi connectivity index (χ2n) is 9.13. The van der Waals surface area contributed by atoms with E-state index in [9.17, 15) is 28.9 Å². The fraction of sp³-hybridized carbons (Fsp3) is 0.179. The van der Waals surface area contributed by atoms with E-state index in [-0.39, 0.29) is 37.9 Å². The van der Waals surface area contributed by atoms with Crippen LogP contribution in [0.1, 0.15) is 36.7 Å². The van der Waals surface area contributed by atoms with E-state index in [1.165, 1.54) is 59.2 Å². The number of benzene rings is 2. The fourth-order valence-electron chi connectivity index (χ4n) is 4.45. The van der Waals surface area contributed by atoms with Gasteiger partial charge >= 0.3 is 5.97 Å². The summed E-state index contributed by atoms with van der Waals surface area (Å²) < 4.78 is 20.6. The Bertz CT molecular complexity index is 2010. The number of hydrogen-bond donors (Lipinski definition) is 1. The lowest BCUT2D eigenvalue weighted by Gasteiger charge is -2.24. The molecule has 0 fully saturated rings. The lowest BCUT2D eigenvalue weighted by molar-refractivity contribution is -0.384. The van der Waals surface area contributed by atoms with Crippen LogP contribution in [0.3, 0.4) is 0 Å². The van der Waals surface area contributed by atoms with Gasteiger partial charge in [0.2, 0.25) is 0 Å². The zero-order valence-electron chi connectivity index (χ0n) is 22.4. The number of aromatic amines is 1. The first-order valence-electron chi connectivity index (χ1n) is 12.5. The Kier molecular flexibility index (Phi) is 8.00. The largest absolute Gasteiger partial charge is 0.463 e. The number of aromatic nitrogens is 3. The average molecular weight is 608 g/mol. The summed E-state index contributed by atoms with van der Waals surface area (Å²) in [6.45, 7) is 5.06. The summed E-state index contributed by atoms with van der Waals surface area (Å²) in [5, 5.41) is 11.8. The number of non-ortho nitro benzene ring substituents is 1. The van der Waals surface area contributed by atoms with Gasteiger partial charge in [0, 0.05) is 28.8 Å². The van der Waals surface area contributed by atoms with Crippen molar-refractivity contribution >= 4 is 40.8 Å².